The van der Waals surface area contributed by atoms with Crippen LogP contribution < -0.4 is 10.6 Å². The molecule has 0 aromatic carbocycles. The highest BCUT2D eigenvalue weighted by Gasteiger charge is 2.59. The molecular formula is C49H78Br2N2O6S2. The first-order valence-corrected chi connectivity index (χ1v) is 27.2. The zero-order chi connectivity index (χ0) is 44.7. The standard InChI is InChI=1S/C49H78Br2N2O6S2/c1-5-9-13-17-19-22-26-36(25-21-15-11-7-3)35-52-46(56)48(58,42-29-31-44(50)60-42)38-33-41(55)39(34-40(38)54)49(59,43-30-32-45(51)61-43)47(57)53-37(27-23-16-12-8-4)28-24-20-18-14-10-6-2/h29-32,36-39,58-59H,5-28,33-35H2,1-4H3,(H,52,56)(H,53,57). The minimum absolute atomic E-state index is 0.185. The molecule has 346 valence electrons. The topological polar surface area (TPSA) is 133 Å². The Labute approximate surface area is 393 Å². The number of ketones is 2. The highest BCUT2D eigenvalue weighted by Crippen LogP contribution is 2.47. The molecule has 1 fully saturated rings. The van der Waals surface area contributed by atoms with Crippen molar-refractivity contribution in [2.24, 2.45) is 17.8 Å². The van der Waals surface area contributed by atoms with Gasteiger partial charge in [0.25, 0.3) is 11.8 Å². The van der Waals surface area contributed by atoms with Gasteiger partial charge in [0.15, 0.2) is 11.2 Å². The largest absolute Gasteiger partial charge is 0.374 e. The van der Waals surface area contributed by atoms with Gasteiger partial charge in [-0.2, -0.15) is 0 Å². The Kier molecular flexibility index (Phi) is 25.8. The first-order chi connectivity index (χ1) is 29.4. The highest BCUT2D eigenvalue weighted by atomic mass is 79.9. The van der Waals surface area contributed by atoms with E-state index >= 15 is 0 Å². The molecule has 2 aromatic heterocycles. The Morgan fingerprint density at radius 2 is 0.951 bits per heavy atom. The molecule has 6 atom stereocenters. The van der Waals surface area contributed by atoms with Gasteiger partial charge < -0.3 is 20.8 Å². The number of unbranched alkanes of at least 4 members (excludes halogenated alkanes) is 16. The molecule has 0 radical (unpaired) electrons. The van der Waals surface area contributed by atoms with Crippen LogP contribution in [0.4, 0.5) is 0 Å². The summed E-state index contributed by atoms with van der Waals surface area (Å²) in [6.07, 6.45) is 25.1. The minimum Gasteiger partial charge on any atom is -0.374 e. The lowest BCUT2D eigenvalue weighted by molar-refractivity contribution is -0.168. The van der Waals surface area contributed by atoms with E-state index < -0.39 is 59.3 Å². The van der Waals surface area contributed by atoms with Crippen molar-refractivity contribution in [3.63, 3.8) is 0 Å². The smallest absolute Gasteiger partial charge is 0.258 e. The zero-order valence-corrected chi connectivity index (χ0v) is 42.6. The third kappa shape index (κ3) is 16.8. The molecule has 12 heteroatoms. The lowest BCUT2D eigenvalue weighted by Crippen LogP contribution is -2.59. The summed E-state index contributed by atoms with van der Waals surface area (Å²) in [5.74, 6) is -4.96. The zero-order valence-electron chi connectivity index (χ0n) is 37.8. The monoisotopic (exact) mass is 1010 g/mol. The van der Waals surface area contributed by atoms with Crippen LogP contribution in [0.2, 0.25) is 0 Å². The van der Waals surface area contributed by atoms with Gasteiger partial charge in [-0.15, -0.1) is 22.7 Å². The van der Waals surface area contributed by atoms with Crippen LogP contribution in [0.15, 0.2) is 31.8 Å². The van der Waals surface area contributed by atoms with Crippen molar-refractivity contribution in [1.29, 1.82) is 0 Å². The summed E-state index contributed by atoms with van der Waals surface area (Å²) in [4.78, 5) is 58.6. The molecule has 61 heavy (non-hydrogen) atoms. The molecule has 0 saturated heterocycles. The summed E-state index contributed by atoms with van der Waals surface area (Å²) in [7, 11) is 0. The van der Waals surface area contributed by atoms with Crippen molar-refractivity contribution in [2.75, 3.05) is 6.54 Å². The maximum atomic E-state index is 14.6. The Morgan fingerprint density at radius 3 is 1.34 bits per heavy atom. The fourth-order valence-electron chi connectivity index (χ4n) is 8.96. The van der Waals surface area contributed by atoms with E-state index in [1.165, 1.54) is 51.4 Å². The summed E-state index contributed by atoms with van der Waals surface area (Å²) in [5, 5.41) is 31.5. The van der Waals surface area contributed by atoms with E-state index in [4.69, 9.17) is 0 Å². The lowest BCUT2D eigenvalue weighted by atomic mass is 9.66. The maximum Gasteiger partial charge on any atom is 0.258 e. The molecule has 2 heterocycles. The van der Waals surface area contributed by atoms with E-state index in [9.17, 15) is 29.4 Å². The predicted molar refractivity (Wildman–Crippen MR) is 260 cm³/mol. The van der Waals surface area contributed by atoms with Crippen molar-refractivity contribution in [1.82, 2.24) is 10.6 Å². The molecule has 1 aliphatic rings. The molecule has 2 aromatic rings. The van der Waals surface area contributed by atoms with E-state index in [-0.39, 0.29) is 21.7 Å². The van der Waals surface area contributed by atoms with Gasteiger partial charge in [-0.3, -0.25) is 19.2 Å². The van der Waals surface area contributed by atoms with Gasteiger partial charge in [-0.25, -0.2) is 0 Å². The molecule has 8 nitrogen and oxygen atoms in total. The second-order valence-corrected chi connectivity index (χ2v) is 22.7. The Balaban J connectivity index is 1.87. The summed E-state index contributed by atoms with van der Waals surface area (Å²) >= 11 is 9.28. The SMILES string of the molecule is CCCCCCCCC(CCCCCC)CNC(=O)C(O)(c1ccc(Br)s1)C1CC(=O)C(C(O)(C(=O)NC(CCCCCC)CCCCCCCC)c2ccc(Br)s2)CC1=O. The van der Waals surface area contributed by atoms with Gasteiger partial charge in [0.1, 0.15) is 11.6 Å². The van der Waals surface area contributed by atoms with E-state index in [0.29, 0.717) is 14.1 Å². The first-order valence-electron chi connectivity index (χ1n) is 24.0. The first kappa shape index (κ1) is 53.9. The van der Waals surface area contributed by atoms with Crippen molar-refractivity contribution < 1.29 is 29.4 Å². The second kappa shape index (κ2) is 29.2. The van der Waals surface area contributed by atoms with Crippen LogP contribution in [-0.2, 0) is 30.4 Å². The molecule has 6 unspecified atom stereocenters. The highest BCUT2D eigenvalue weighted by molar-refractivity contribution is 9.11. The number of halogens is 2. The second-order valence-electron chi connectivity index (χ2n) is 17.7. The van der Waals surface area contributed by atoms with Crippen LogP contribution in [0.25, 0.3) is 0 Å². The molecule has 1 saturated carbocycles. The average Bonchev–Trinajstić information content (AvgIpc) is 3.90. The van der Waals surface area contributed by atoms with E-state index in [2.05, 4.69) is 70.2 Å². The fraction of sp³-hybridized carbons (Fsp3) is 0.755. The summed E-state index contributed by atoms with van der Waals surface area (Å²) in [6.45, 7) is 9.14. The number of carbonyl (C=O) groups excluding carboxylic acids is 4. The Morgan fingerprint density at radius 1 is 0.590 bits per heavy atom. The number of thiophene rings is 2. The quantitative estimate of drug-likeness (QED) is 0.0527. The summed E-state index contributed by atoms with van der Waals surface area (Å²) in [6, 6.07) is 6.55. The maximum absolute atomic E-state index is 14.6. The van der Waals surface area contributed by atoms with Gasteiger partial charge in [0.2, 0.25) is 0 Å². The average molecular weight is 1020 g/mol. The molecule has 2 amide bonds. The molecule has 0 spiro atoms. The van der Waals surface area contributed by atoms with Gasteiger partial charge in [-0.1, -0.05) is 156 Å². The number of hydrogen-bond donors (Lipinski definition) is 4. The molecule has 1 aliphatic carbocycles. The van der Waals surface area contributed by atoms with Crippen LogP contribution >= 0.6 is 54.5 Å². The molecule has 4 N–H and O–H groups in total. The van der Waals surface area contributed by atoms with E-state index in [1.807, 2.05) is 0 Å². The number of rotatable bonds is 33. The summed E-state index contributed by atoms with van der Waals surface area (Å²) in [5.41, 5.74) is -4.63. The third-order valence-corrected chi connectivity index (χ3v) is 16.3. The van der Waals surface area contributed by atoms with E-state index in [1.54, 1.807) is 24.3 Å². The lowest BCUT2D eigenvalue weighted by Gasteiger charge is -2.41. The van der Waals surface area contributed by atoms with Crippen molar-refractivity contribution in [3.8, 4) is 0 Å². The van der Waals surface area contributed by atoms with Crippen LogP contribution in [0, 0.1) is 17.8 Å². The van der Waals surface area contributed by atoms with Crippen LogP contribution in [0.5, 0.6) is 0 Å². The minimum atomic E-state index is -2.31. The number of nitrogens with one attached hydrogen (secondary N) is 2. The number of amides is 2. The Hall–Kier alpha value is -1.44. The van der Waals surface area contributed by atoms with Crippen LogP contribution in [0.1, 0.15) is 204 Å². The molecule has 0 bridgehead atoms. The predicted octanol–water partition coefficient (Wildman–Crippen LogP) is 13.2. The molecular weight excluding hydrogens is 936 g/mol. The number of aliphatic hydroxyl groups is 2. The van der Waals surface area contributed by atoms with Crippen LogP contribution in [-0.4, -0.2) is 46.2 Å². The normalized spacial score (nSPS) is 18.7. The number of carbonyl (C=O) groups is 4. The summed E-state index contributed by atoms with van der Waals surface area (Å²) < 4.78 is 1.36. The molecule has 3 rings (SSSR count). The third-order valence-electron chi connectivity index (χ3n) is 12.8. The van der Waals surface area contributed by atoms with Crippen molar-refractivity contribution in [2.45, 2.75) is 212 Å². The number of hydrogen-bond acceptors (Lipinski definition) is 8. The van der Waals surface area contributed by atoms with E-state index in [0.717, 1.165) is 125 Å². The van der Waals surface area contributed by atoms with Gasteiger partial charge in [0.05, 0.1) is 19.4 Å². The van der Waals surface area contributed by atoms with Gasteiger partial charge in [0, 0.05) is 35.2 Å². The van der Waals surface area contributed by atoms with Crippen molar-refractivity contribution in [3.05, 3.63) is 41.6 Å². The fourth-order valence-corrected chi connectivity index (χ4v) is 12.0. The molecule has 0 aliphatic heterocycles. The van der Waals surface area contributed by atoms with Gasteiger partial charge >= 0.3 is 0 Å². The Bertz CT molecular complexity index is 1600. The number of Topliss-reactive ketones (excluding diaryl/α,β-unsaturated/α-hetero) is 2. The van der Waals surface area contributed by atoms with Crippen LogP contribution in [0.3, 0.4) is 0 Å². The van der Waals surface area contributed by atoms with Crippen molar-refractivity contribution >= 4 is 77.9 Å². The van der Waals surface area contributed by atoms with Gasteiger partial charge in [-0.05, 0) is 87.7 Å².